The molecule has 15 heavy (non-hydrogen) atoms. The molecule has 1 aliphatic rings. The summed E-state index contributed by atoms with van der Waals surface area (Å²) in [6.07, 6.45) is 3.31. The summed E-state index contributed by atoms with van der Waals surface area (Å²) in [5, 5.41) is 0.724. The van der Waals surface area contributed by atoms with Gasteiger partial charge in [-0.2, -0.15) is 0 Å². The second-order valence-electron chi connectivity index (χ2n) is 3.57. The molecular weight excluding hydrogens is 210 g/mol. The van der Waals surface area contributed by atoms with Crippen molar-refractivity contribution in [2.45, 2.75) is 12.8 Å². The average Bonchev–Trinajstić information content (AvgIpc) is 2.26. The Balaban J connectivity index is 2.42. The number of anilines is 1. The predicted molar refractivity (Wildman–Crippen MR) is 62.3 cm³/mol. The highest BCUT2D eigenvalue weighted by Crippen LogP contribution is 2.29. The quantitative estimate of drug-likeness (QED) is 0.668. The summed E-state index contributed by atoms with van der Waals surface area (Å²) in [5.74, 6) is -0.0433. The molecule has 1 heterocycles. The van der Waals surface area contributed by atoms with Gasteiger partial charge >= 0.3 is 0 Å². The zero-order chi connectivity index (χ0) is 10.8. The van der Waals surface area contributed by atoms with Crippen LogP contribution in [0.4, 0.5) is 5.69 Å². The van der Waals surface area contributed by atoms with E-state index in [1.165, 1.54) is 6.08 Å². The van der Waals surface area contributed by atoms with E-state index < -0.39 is 0 Å². The van der Waals surface area contributed by atoms with Gasteiger partial charge in [0.2, 0.25) is 5.91 Å². The molecule has 78 valence electrons. The number of carbonyl (C=O) groups excluding carboxylic acids is 1. The first-order valence-electron chi connectivity index (χ1n) is 4.95. The highest BCUT2D eigenvalue weighted by molar-refractivity contribution is 6.30. The molecule has 0 saturated heterocycles. The summed E-state index contributed by atoms with van der Waals surface area (Å²) in [7, 11) is 0. The maximum atomic E-state index is 11.6. The maximum absolute atomic E-state index is 11.6. The van der Waals surface area contributed by atoms with E-state index in [-0.39, 0.29) is 5.91 Å². The first-order chi connectivity index (χ1) is 7.22. The molecular formula is C12H12ClNO. The lowest BCUT2D eigenvalue weighted by Gasteiger charge is -2.28. The van der Waals surface area contributed by atoms with Crippen LogP contribution in [0.1, 0.15) is 12.0 Å². The Morgan fingerprint density at radius 1 is 1.53 bits per heavy atom. The fourth-order valence-corrected chi connectivity index (χ4v) is 2.10. The van der Waals surface area contributed by atoms with Crippen LogP contribution in [0.25, 0.3) is 0 Å². The van der Waals surface area contributed by atoms with Crippen molar-refractivity contribution in [3.8, 4) is 0 Å². The first kappa shape index (κ1) is 10.2. The third kappa shape index (κ3) is 1.90. The van der Waals surface area contributed by atoms with E-state index >= 15 is 0 Å². The van der Waals surface area contributed by atoms with Crippen molar-refractivity contribution in [1.82, 2.24) is 0 Å². The zero-order valence-corrected chi connectivity index (χ0v) is 9.13. The number of carbonyl (C=O) groups is 1. The van der Waals surface area contributed by atoms with Crippen molar-refractivity contribution in [2.75, 3.05) is 11.4 Å². The minimum absolute atomic E-state index is 0.0433. The molecule has 0 fully saturated rings. The Kier molecular flexibility index (Phi) is 2.78. The van der Waals surface area contributed by atoms with Crippen molar-refractivity contribution in [3.05, 3.63) is 41.4 Å². The van der Waals surface area contributed by atoms with E-state index in [4.69, 9.17) is 11.6 Å². The standard InChI is InChI=1S/C12H12ClNO/c1-2-12(15)14-7-3-4-9-8-10(13)5-6-11(9)14/h2,5-6,8H,1,3-4,7H2. The summed E-state index contributed by atoms with van der Waals surface area (Å²) >= 11 is 5.91. The van der Waals surface area contributed by atoms with Gasteiger partial charge in [0, 0.05) is 17.3 Å². The number of hydrogen-bond acceptors (Lipinski definition) is 1. The molecule has 3 heteroatoms. The third-order valence-electron chi connectivity index (χ3n) is 2.60. The first-order valence-corrected chi connectivity index (χ1v) is 5.32. The van der Waals surface area contributed by atoms with Crippen LogP contribution in [-0.2, 0) is 11.2 Å². The number of nitrogens with zero attached hydrogens (tertiary/aromatic N) is 1. The molecule has 1 aromatic rings. The van der Waals surface area contributed by atoms with E-state index in [1.54, 1.807) is 4.90 Å². The van der Waals surface area contributed by atoms with E-state index in [0.29, 0.717) is 0 Å². The topological polar surface area (TPSA) is 20.3 Å². The van der Waals surface area contributed by atoms with Crippen LogP contribution < -0.4 is 4.90 Å². The molecule has 0 bridgehead atoms. The number of fused-ring (bicyclic) bond motifs is 1. The molecule has 0 unspecified atom stereocenters. The lowest BCUT2D eigenvalue weighted by molar-refractivity contribution is -0.114. The Bertz CT molecular complexity index is 414. The normalized spacial score (nSPS) is 14.6. The molecule has 0 atom stereocenters. The lowest BCUT2D eigenvalue weighted by Crippen LogP contribution is -2.33. The fourth-order valence-electron chi connectivity index (χ4n) is 1.90. The SMILES string of the molecule is C=CC(=O)N1CCCc2cc(Cl)ccc21. The van der Waals surface area contributed by atoms with Gasteiger partial charge in [0.1, 0.15) is 0 Å². The molecule has 0 N–H and O–H groups in total. The molecule has 0 aliphatic carbocycles. The molecule has 2 rings (SSSR count). The summed E-state index contributed by atoms with van der Waals surface area (Å²) in [6, 6.07) is 5.65. The highest BCUT2D eigenvalue weighted by Gasteiger charge is 2.20. The molecule has 0 aromatic heterocycles. The Labute approximate surface area is 94.2 Å². The second-order valence-corrected chi connectivity index (χ2v) is 4.01. The van der Waals surface area contributed by atoms with Crippen molar-refractivity contribution < 1.29 is 4.79 Å². The van der Waals surface area contributed by atoms with Crippen LogP contribution in [-0.4, -0.2) is 12.5 Å². The van der Waals surface area contributed by atoms with Gasteiger partial charge in [-0.05, 0) is 42.7 Å². The van der Waals surface area contributed by atoms with E-state index in [9.17, 15) is 4.79 Å². The zero-order valence-electron chi connectivity index (χ0n) is 8.37. The van der Waals surface area contributed by atoms with Crippen LogP contribution in [0.5, 0.6) is 0 Å². The fraction of sp³-hybridized carbons (Fsp3) is 0.250. The van der Waals surface area contributed by atoms with Gasteiger partial charge in [-0.3, -0.25) is 4.79 Å². The highest BCUT2D eigenvalue weighted by atomic mass is 35.5. The molecule has 1 aliphatic heterocycles. The summed E-state index contributed by atoms with van der Waals surface area (Å²) in [6.45, 7) is 4.27. The second kappa shape index (κ2) is 4.07. The van der Waals surface area contributed by atoms with Crippen molar-refractivity contribution in [3.63, 3.8) is 0 Å². The monoisotopic (exact) mass is 221 g/mol. The number of halogens is 1. The van der Waals surface area contributed by atoms with Crippen LogP contribution in [0.2, 0.25) is 5.02 Å². The summed E-state index contributed by atoms with van der Waals surface area (Å²) in [5.41, 5.74) is 2.11. The van der Waals surface area contributed by atoms with E-state index in [1.807, 2.05) is 18.2 Å². The minimum Gasteiger partial charge on any atom is -0.309 e. The smallest absolute Gasteiger partial charge is 0.250 e. The molecule has 2 nitrogen and oxygen atoms in total. The van der Waals surface area contributed by atoms with Gasteiger partial charge < -0.3 is 4.90 Å². The number of benzene rings is 1. The van der Waals surface area contributed by atoms with Crippen molar-refractivity contribution >= 4 is 23.2 Å². The predicted octanol–water partition coefficient (Wildman–Crippen LogP) is 2.81. The maximum Gasteiger partial charge on any atom is 0.250 e. The van der Waals surface area contributed by atoms with Crippen LogP contribution in [0.15, 0.2) is 30.9 Å². The van der Waals surface area contributed by atoms with Gasteiger partial charge in [0.05, 0.1) is 0 Å². The largest absolute Gasteiger partial charge is 0.309 e. The van der Waals surface area contributed by atoms with Crippen LogP contribution in [0, 0.1) is 0 Å². The van der Waals surface area contributed by atoms with Gasteiger partial charge in [-0.25, -0.2) is 0 Å². The van der Waals surface area contributed by atoms with Gasteiger partial charge in [0.15, 0.2) is 0 Å². The van der Waals surface area contributed by atoms with Crippen LogP contribution in [0.3, 0.4) is 0 Å². The number of aryl methyl sites for hydroxylation is 1. The number of rotatable bonds is 1. The molecule has 1 amide bonds. The van der Waals surface area contributed by atoms with Gasteiger partial charge in [-0.1, -0.05) is 18.2 Å². The van der Waals surface area contributed by atoms with E-state index in [2.05, 4.69) is 6.58 Å². The summed E-state index contributed by atoms with van der Waals surface area (Å²) in [4.78, 5) is 13.3. The van der Waals surface area contributed by atoms with Gasteiger partial charge in [0.25, 0.3) is 0 Å². The Morgan fingerprint density at radius 2 is 2.33 bits per heavy atom. The Morgan fingerprint density at radius 3 is 3.07 bits per heavy atom. The minimum atomic E-state index is -0.0433. The third-order valence-corrected chi connectivity index (χ3v) is 2.84. The van der Waals surface area contributed by atoms with Crippen molar-refractivity contribution in [1.29, 1.82) is 0 Å². The number of amides is 1. The summed E-state index contributed by atoms with van der Waals surface area (Å²) < 4.78 is 0. The molecule has 0 spiro atoms. The van der Waals surface area contributed by atoms with Crippen LogP contribution >= 0.6 is 11.6 Å². The molecule has 0 saturated carbocycles. The number of hydrogen-bond donors (Lipinski definition) is 0. The van der Waals surface area contributed by atoms with E-state index in [0.717, 1.165) is 35.7 Å². The molecule has 0 radical (unpaired) electrons. The molecule has 1 aromatic carbocycles. The van der Waals surface area contributed by atoms with Crippen molar-refractivity contribution in [2.24, 2.45) is 0 Å². The average molecular weight is 222 g/mol. The Hall–Kier alpha value is -1.28. The lowest BCUT2D eigenvalue weighted by atomic mass is 10.0. The van der Waals surface area contributed by atoms with Gasteiger partial charge in [-0.15, -0.1) is 0 Å².